The lowest BCUT2D eigenvalue weighted by atomic mass is 10.0. The molecule has 14 nitrogen and oxygen atoms in total. The molecule has 204 valence electrons. The number of hydrogen-bond acceptors (Lipinski definition) is 8. The highest BCUT2D eigenvalue weighted by atomic mass is 16.4. The average Bonchev–Trinajstić information content (AvgIpc) is 2.82. The molecular formula is C23H33N5O9. The number of rotatable bonds is 16. The molecule has 1 aromatic carbocycles. The van der Waals surface area contributed by atoms with Gasteiger partial charge in [-0.25, -0.2) is 4.79 Å². The fourth-order valence-corrected chi connectivity index (χ4v) is 3.21. The summed E-state index contributed by atoms with van der Waals surface area (Å²) in [5, 5.41) is 35.1. The number of nitrogens with one attached hydrogen (secondary N) is 3. The van der Waals surface area contributed by atoms with Gasteiger partial charge in [0.15, 0.2) is 0 Å². The van der Waals surface area contributed by atoms with E-state index in [0.717, 1.165) is 0 Å². The van der Waals surface area contributed by atoms with E-state index in [1.807, 2.05) is 0 Å². The Morgan fingerprint density at radius 2 is 1.43 bits per heavy atom. The van der Waals surface area contributed by atoms with E-state index in [2.05, 4.69) is 16.0 Å². The van der Waals surface area contributed by atoms with Gasteiger partial charge in [0.25, 0.3) is 0 Å². The molecule has 1 aromatic rings. The number of nitrogens with two attached hydrogens (primary N) is 2. The van der Waals surface area contributed by atoms with Crippen molar-refractivity contribution in [1.82, 2.24) is 16.0 Å². The molecule has 0 aliphatic heterocycles. The molecule has 5 unspecified atom stereocenters. The highest BCUT2D eigenvalue weighted by Crippen LogP contribution is 2.07. The van der Waals surface area contributed by atoms with Gasteiger partial charge in [0, 0.05) is 19.3 Å². The molecule has 0 saturated heterocycles. The van der Waals surface area contributed by atoms with Crippen LogP contribution in [0, 0.1) is 0 Å². The summed E-state index contributed by atoms with van der Waals surface area (Å²) in [6.07, 6.45) is -2.76. The van der Waals surface area contributed by atoms with Gasteiger partial charge < -0.3 is 42.7 Å². The smallest absolute Gasteiger partial charge is 0.326 e. The fourth-order valence-electron chi connectivity index (χ4n) is 3.21. The number of hydrogen-bond donors (Lipinski definition) is 8. The van der Waals surface area contributed by atoms with Gasteiger partial charge in [-0.15, -0.1) is 0 Å². The first kappa shape index (κ1) is 31.0. The lowest BCUT2D eigenvalue weighted by Gasteiger charge is -2.26. The lowest BCUT2D eigenvalue weighted by molar-refractivity contribution is -0.142. The van der Waals surface area contributed by atoms with Gasteiger partial charge in [0.1, 0.15) is 18.1 Å². The van der Waals surface area contributed by atoms with Crippen LogP contribution in [0.25, 0.3) is 0 Å². The summed E-state index contributed by atoms with van der Waals surface area (Å²) < 4.78 is 0. The topological polar surface area (TPSA) is 251 Å². The summed E-state index contributed by atoms with van der Waals surface area (Å²) >= 11 is 0. The standard InChI is InChI=1S/C23H33N5O9/c1-12(29)19(28-20(33)14(24)7-10-18(31)32)22(35)26-15(8-9-17(25)30)21(34)27-16(23(36)37)11-13-5-3-2-4-6-13/h2-6,12,14-16,19,29H,7-11,24H2,1H3,(H2,25,30)(H,26,35)(H,27,34)(H,28,33)(H,31,32)(H,36,37). The van der Waals surface area contributed by atoms with E-state index in [1.54, 1.807) is 30.3 Å². The van der Waals surface area contributed by atoms with E-state index in [4.69, 9.17) is 16.6 Å². The zero-order valence-corrected chi connectivity index (χ0v) is 20.3. The van der Waals surface area contributed by atoms with Crippen LogP contribution >= 0.6 is 0 Å². The van der Waals surface area contributed by atoms with Crippen molar-refractivity contribution < 1.29 is 44.1 Å². The zero-order valence-electron chi connectivity index (χ0n) is 20.3. The fraction of sp³-hybridized carbons (Fsp3) is 0.478. The first-order valence-corrected chi connectivity index (χ1v) is 11.4. The maximum Gasteiger partial charge on any atom is 0.326 e. The number of aliphatic carboxylic acids is 2. The van der Waals surface area contributed by atoms with Crippen LogP contribution in [0.15, 0.2) is 30.3 Å². The Balaban J connectivity index is 2.98. The number of aliphatic hydroxyl groups is 1. The molecule has 0 spiro atoms. The Labute approximate surface area is 212 Å². The Morgan fingerprint density at radius 3 is 1.95 bits per heavy atom. The van der Waals surface area contributed by atoms with Gasteiger partial charge in [0.2, 0.25) is 23.6 Å². The van der Waals surface area contributed by atoms with E-state index in [-0.39, 0.29) is 25.7 Å². The van der Waals surface area contributed by atoms with Gasteiger partial charge in [0.05, 0.1) is 12.1 Å². The summed E-state index contributed by atoms with van der Waals surface area (Å²) in [6, 6.07) is 2.81. The van der Waals surface area contributed by atoms with Crippen LogP contribution < -0.4 is 27.4 Å². The molecule has 14 heteroatoms. The maximum absolute atomic E-state index is 12.9. The molecule has 0 radical (unpaired) electrons. The minimum absolute atomic E-state index is 0.0566. The molecule has 37 heavy (non-hydrogen) atoms. The average molecular weight is 524 g/mol. The SMILES string of the molecule is CC(O)C(NC(=O)C(N)CCC(=O)O)C(=O)NC(CCC(N)=O)C(=O)NC(Cc1ccccc1)C(=O)O. The van der Waals surface area contributed by atoms with Crippen molar-refractivity contribution in [3.8, 4) is 0 Å². The molecule has 0 aliphatic rings. The molecular weight excluding hydrogens is 490 g/mol. The van der Waals surface area contributed by atoms with Crippen molar-refractivity contribution in [3.63, 3.8) is 0 Å². The van der Waals surface area contributed by atoms with Gasteiger partial charge >= 0.3 is 11.9 Å². The Morgan fingerprint density at radius 1 is 0.838 bits per heavy atom. The van der Waals surface area contributed by atoms with E-state index in [0.29, 0.717) is 5.56 Å². The molecule has 4 amide bonds. The van der Waals surface area contributed by atoms with Crippen LogP contribution in [-0.4, -0.2) is 81.2 Å². The Kier molecular flexibility index (Phi) is 12.7. The van der Waals surface area contributed by atoms with Crippen molar-refractivity contribution in [2.75, 3.05) is 0 Å². The molecule has 10 N–H and O–H groups in total. The van der Waals surface area contributed by atoms with E-state index in [1.165, 1.54) is 6.92 Å². The van der Waals surface area contributed by atoms with E-state index >= 15 is 0 Å². The summed E-state index contributed by atoms with van der Waals surface area (Å²) in [4.78, 5) is 71.7. The number of carbonyl (C=O) groups is 6. The molecule has 1 rings (SSSR count). The third kappa shape index (κ3) is 11.5. The lowest BCUT2D eigenvalue weighted by Crippen LogP contribution is -2.60. The molecule has 0 aliphatic carbocycles. The van der Waals surface area contributed by atoms with Crippen molar-refractivity contribution >= 4 is 35.6 Å². The number of benzene rings is 1. The molecule has 5 atom stereocenters. The first-order chi connectivity index (χ1) is 17.3. The number of primary amides is 1. The first-order valence-electron chi connectivity index (χ1n) is 11.4. The van der Waals surface area contributed by atoms with Gasteiger partial charge in [-0.1, -0.05) is 30.3 Å². The van der Waals surface area contributed by atoms with Crippen LogP contribution in [0.5, 0.6) is 0 Å². The third-order valence-corrected chi connectivity index (χ3v) is 5.28. The molecule has 0 bridgehead atoms. The van der Waals surface area contributed by atoms with Crippen molar-refractivity contribution in [2.24, 2.45) is 11.5 Å². The molecule has 0 fully saturated rings. The highest BCUT2D eigenvalue weighted by Gasteiger charge is 2.32. The van der Waals surface area contributed by atoms with Crippen LogP contribution in [0.1, 0.15) is 38.2 Å². The summed E-state index contributed by atoms with van der Waals surface area (Å²) in [6.45, 7) is 1.19. The molecule has 0 saturated carbocycles. The quantitative estimate of drug-likeness (QED) is 0.114. The predicted molar refractivity (Wildman–Crippen MR) is 129 cm³/mol. The second-order valence-electron chi connectivity index (χ2n) is 8.42. The van der Waals surface area contributed by atoms with Gasteiger partial charge in [-0.05, 0) is 25.3 Å². The highest BCUT2D eigenvalue weighted by molar-refractivity contribution is 5.94. The largest absolute Gasteiger partial charge is 0.481 e. The number of carbonyl (C=O) groups excluding carboxylic acids is 4. The number of amides is 4. The summed E-state index contributed by atoms with van der Waals surface area (Å²) in [5.74, 6) is -6.14. The monoisotopic (exact) mass is 523 g/mol. The van der Waals surface area contributed by atoms with Crippen molar-refractivity contribution in [3.05, 3.63) is 35.9 Å². The van der Waals surface area contributed by atoms with Crippen molar-refractivity contribution in [1.29, 1.82) is 0 Å². The number of carboxylic acid groups (broad SMARTS) is 2. The molecule has 0 aromatic heterocycles. The molecule has 0 heterocycles. The maximum atomic E-state index is 12.9. The Hall–Kier alpha value is -4.04. The predicted octanol–water partition coefficient (Wildman–Crippen LogP) is -2.39. The normalized spacial score (nSPS) is 14.8. The van der Waals surface area contributed by atoms with Gasteiger partial charge in [-0.2, -0.15) is 0 Å². The zero-order chi connectivity index (χ0) is 28.1. The minimum atomic E-state index is -1.59. The van der Waals surface area contributed by atoms with Crippen LogP contribution in [0.4, 0.5) is 0 Å². The summed E-state index contributed by atoms with van der Waals surface area (Å²) in [5.41, 5.74) is 11.4. The van der Waals surface area contributed by atoms with Crippen molar-refractivity contribution in [2.45, 2.75) is 69.3 Å². The van der Waals surface area contributed by atoms with E-state index < -0.39 is 72.3 Å². The number of carboxylic acids is 2. The van der Waals surface area contributed by atoms with Crippen LogP contribution in [-0.2, 0) is 35.2 Å². The van der Waals surface area contributed by atoms with Gasteiger partial charge in [-0.3, -0.25) is 24.0 Å². The number of aliphatic hydroxyl groups excluding tert-OH is 1. The van der Waals surface area contributed by atoms with E-state index in [9.17, 15) is 39.0 Å². The van der Waals surface area contributed by atoms with Crippen LogP contribution in [0.2, 0.25) is 0 Å². The third-order valence-electron chi connectivity index (χ3n) is 5.28. The Bertz CT molecular complexity index is 971. The minimum Gasteiger partial charge on any atom is -0.481 e. The van der Waals surface area contributed by atoms with Crippen LogP contribution in [0.3, 0.4) is 0 Å². The second-order valence-corrected chi connectivity index (χ2v) is 8.42. The summed E-state index contributed by atoms with van der Waals surface area (Å²) in [7, 11) is 0. The second kappa shape index (κ2) is 15.2.